The molecule has 0 unspecified atom stereocenters. The summed E-state index contributed by atoms with van der Waals surface area (Å²) in [7, 11) is 5.46. The van der Waals surface area contributed by atoms with Gasteiger partial charge in [-0.25, -0.2) is 4.79 Å². The molecule has 4 fully saturated rings. The number of aromatic nitrogens is 2. The molecule has 1 aromatic heterocycles. The van der Waals surface area contributed by atoms with Crippen LogP contribution in [0, 0.1) is 11.3 Å². The van der Waals surface area contributed by atoms with E-state index < -0.39 is 5.97 Å². The number of aryl methyl sites for hydroxylation is 1. The minimum atomic E-state index is -0.402. The van der Waals surface area contributed by atoms with Crippen LogP contribution in [-0.4, -0.2) is 67.0 Å². The number of likely N-dealkylation sites (tertiary alicyclic amines) is 1. The maximum absolute atomic E-state index is 14.2. The molecule has 3 aliphatic heterocycles. The quantitative estimate of drug-likeness (QED) is 0.304. The highest BCUT2D eigenvalue weighted by Gasteiger charge is 2.52. The third-order valence-corrected chi connectivity index (χ3v) is 9.67. The first-order valence-electron chi connectivity index (χ1n) is 14.7. The summed E-state index contributed by atoms with van der Waals surface area (Å²) in [5, 5.41) is 5.55. The molecule has 4 heterocycles. The number of benzene rings is 2. The van der Waals surface area contributed by atoms with Crippen molar-refractivity contribution < 1.29 is 19.1 Å². The summed E-state index contributed by atoms with van der Waals surface area (Å²) >= 11 is 0. The molecule has 0 atom stereocenters. The molecule has 0 N–H and O–H groups in total. The first-order valence-corrected chi connectivity index (χ1v) is 14.7. The third-order valence-electron chi connectivity index (χ3n) is 9.67. The van der Waals surface area contributed by atoms with Crippen molar-refractivity contribution in [1.29, 1.82) is 0 Å². The summed E-state index contributed by atoms with van der Waals surface area (Å²) in [6, 6.07) is 14.5. The molecule has 2 bridgehead atoms. The molecular formula is C33H40N4O4. The maximum Gasteiger partial charge on any atom is 0.330 e. The number of carbonyl (C=O) groups excluding carboxylic acids is 2. The summed E-state index contributed by atoms with van der Waals surface area (Å²) < 4.78 is 13.4. The number of nitrogens with zero attached hydrogens (tertiary/aromatic N) is 4. The third kappa shape index (κ3) is 5.43. The van der Waals surface area contributed by atoms with E-state index in [9.17, 15) is 9.59 Å². The molecule has 3 saturated heterocycles. The largest absolute Gasteiger partial charge is 0.466 e. The summed E-state index contributed by atoms with van der Waals surface area (Å²) in [6.07, 6.45) is 10.7. The number of amides is 1. The predicted molar refractivity (Wildman–Crippen MR) is 159 cm³/mol. The second-order valence-electron chi connectivity index (χ2n) is 12.3. The van der Waals surface area contributed by atoms with E-state index in [2.05, 4.69) is 35.2 Å². The Morgan fingerprint density at radius 2 is 1.88 bits per heavy atom. The number of methoxy groups -OCH3 is 1. The SMILES string of the molecule is COC(=O)/C=C/c1cccc(N(CC23CCC(c4ccc5c(cnn5C)c4)(CC2)OC3)C(=O)C2CCN(C)CC2)c1. The van der Waals surface area contributed by atoms with Crippen LogP contribution in [0.2, 0.25) is 0 Å². The molecule has 1 saturated carbocycles. The number of carbonyl (C=O) groups is 2. The molecule has 7 rings (SSSR count). The van der Waals surface area contributed by atoms with E-state index in [1.807, 2.05) is 47.1 Å². The Balaban J connectivity index is 1.25. The first kappa shape index (κ1) is 27.7. The van der Waals surface area contributed by atoms with Gasteiger partial charge in [-0.1, -0.05) is 18.2 Å². The first-order chi connectivity index (χ1) is 19.8. The lowest BCUT2D eigenvalue weighted by Crippen LogP contribution is -2.55. The standard InChI is InChI=1S/C33H40N4O4/c1-35-17-11-25(12-18-35)31(39)37(28-6-4-5-24(19-28)7-10-30(38)40-3)22-32-13-15-33(16-14-32,41-23-32)27-8-9-29-26(20-27)21-34-36(29)2/h4-10,19-21,25H,11-18,22-23H2,1-3H3/b10-7+. The van der Waals surface area contributed by atoms with Gasteiger partial charge < -0.3 is 19.3 Å². The number of anilines is 1. The molecule has 2 aromatic carbocycles. The molecule has 8 heteroatoms. The average Bonchev–Trinajstić information content (AvgIpc) is 3.39. The van der Waals surface area contributed by atoms with E-state index in [0.717, 1.165) is 73.8 Å². The van der Waals surface area contributed by atoms with Crippen LogP contribution in [0.1, 0.15) is 49.7 Å². The van der Waals surface area contributed by atoms with Crippen molar-refractivity contribution in [3.63, 3.8) is 0 Å². The zero-order chi connectivity index (χ0) is 28.6. The minimum absolute atomic E-state index is 0.00951. The van der Waals surface area contributed by atoms with Crippen molar-refractivity contribution in [2.75, 3.05) is 45.3 Å². The van der Waals surface area contributed by atoms with Gasteiger partial charge in [0.05, 0.1) is 31.0 Å². The van der Waals surface area contributed by atoms with Crippen molar-refractivity contribution in [1.82, 2.24) is 14.7 Å². The van der Waals surface area contributed by atoms with Gasteiger partial charge in [-0.05, 0) is 100 Å². The van der Waals surface area contributed by atoms with Crippen molar-refractivity contribution in [3.8, 4) is 0 Å². The van der Waals surface area contributed by atoms with Crippen LogP contribution < -0.4 is 4.90 Å². The molecule has 8 nitrogen and oxygen atoms in total. The summed E-state index contributed by atoms with van der Waals surface area (Å²) in [6.45, 7) is 3.14. The van der Waals surface area contributed by atoms with Gasteiger partial charge in [-0.15, -0.1) is 0 Å². The van der Waals surface area contributed by atoms with Crippen LogP contribution in [0.4, 0.5) is 5.69 Å². The highest BCUT2D eigenvalue weighted by Crippen LogP contribution is 2.54. The Bertz CT molecular complexity index is 1440. The highest BCUT2D eigenvalue weighted by atomic mass is 16.5. The second kappa shape index (κ2) is 11.1. The fourth-order valence-electron chi connectivity index (χ4n) is 6.92. The average molecular weight is 557 g/mol. The molecule has 0 spiro atoms. The Morgan fingerprint density at radius 3 is 2.59 bits per heavy atom. The summed E-state index contributed by atoms with van der Waals surface area (Å²) in [5.74, 6) is -0.192. The molecular weight excluding hydrogens is 516 g/mol. The molecule has 0 radical (unpaired) electrons. The van der Waals surface area contributed by atoms with E-state index in [1.54, 1.807) is 6.08 Å². The van der Waals surface area contributed by atoms with E-state index in [0.29, 0.717) is 13.2 Å². The van der Waals surface area contributed by atoms with Gasteiger partial charge in [-0.2, -0.15) is 5.10 Å². The predicted octanol–water partition coefficient (Wildman–Crippen LogP) is 4.92. The van der Waals surface area contributed by atoms with E-state index in [4.69, 9.17) is 9.47 Å². The number of ether oxygens (including phenoxy) is 2. The molecule has 1 aliphatic carbocycles. The fraction of sp³-hybridized carbons (Fsp3) is 0.485. The van der Waals surface area contributed by atoms with Gasteiger partial charge in [-0.3, -0.25) is 9.48 Å². The number of fused-ring (bicyclic) bond motifs is 4. The number of hydrogen-bond donors (Lipinski definition) is 0. The Kier molecular flexibility index (Phi) is 7.47. The van der Waals surface area contributed by atoms with E-state index >= 15 is 0 Å². The number of rotatable bonds is 7. The topological polar surface area (TPSA) is 76.9 Å². The molecule has 3 aromatic rings. The lowest BCUT2D eigenvalue weighted by Gasteiger charge is -2.54. The Morgan fingerprint density at radius 1 is 1.10 bits per heavy atom. The smallest absolute Gasteiger partial charge is 0.330 e. The number of esters is 1. The second-order valence-corrected chi connectivity index (χ2v) is 12.3. The van der Waals surface area contributed by atoms with Gasteiger partial charge in [0.2, 0.25) is 5.91 Å². The van der Waals surface area contributed by atoms with Crippen LogP contribution >= 0.6 is 0 Å². The van der Waals surface area contributed by atoms with Crippen LogP contribution in [0.3, 0.4) is 0 Å². The van der Waals surface area contributed by atoms with Gasteiger partial charge in [0, 0.05) is 42.1 Å². The van der Waals surface area contributed by atoms with E-state index in [1.165, 1.54) is 18.7 Å². The normalized spacial score (nSPS) is 25.1. The summed E-state index contributed by atoms with van der Waals surface area (Å²) in [5.41, 5.74) is 3.74. The highest BCUT2D eigenvalue weighted by molar-refractivity contribution is 5.96. The molecule has 4 aliphatic rings. The van der Waals surface area contributed by atoms with E-state index in [-0.39, 0.29) is 22.8 Å². The van der Waals surface area contributed by atoms with Crippen molar-refractivity contribution in [2.24, 2.45) is 18.4 Å². The summed E-state index contributed by atoms with van der Waals surface area (Å²) in [4.78, 5) is 30.2. The van der Waals surface area contributed by atoms with Crippen LogP contribution in [0.5, 0.6) is 0 Å². The number of hydrogen-bond acceptors (Lipinski definition) is 6. The van der Waals surface area contributed by atoms with Crippen LogP contribution in [0.25, 0.3) is 17.0 Å². The van der Waals surface area contributed by atoms with Crippen molar-refractivity contribution in [2.45, 2.75) is 44.1 Å². The fourth-order valence-corrected chi connectivity index (χ4v) is 6.92. The zero-order valence-electron chi connectivity index (χ0n) is 24.3. The van der Waals surface area contributed by atoms with Gasteiger partial charge in [0.15, 0.2) is 0 Å². The molecule has 1 amide bonds. The number of piperidine rings is 1. The Hall–Kier alpha value is -3.49. The van der Waals surface area contributed by atoms with Gasteiger partial charge in [0.25, 0.3) is 0 Å². The maximum atomic E-state index is 14.2. The van der Waals surface area contributed by atoms with Crippen LogP contribution in [0.15, 0.2) is 54.7 Å². The lowest BCUT2D eigenvalue weighted by molar-refractivity contribution is -0.186. The zero-order valence-corrected chi connectivity index (χ0v) is 24.3. The van der Waals surface area contributed by atoms with Crippen LogP contribution in [-0.2, 0) is 31.7 Å². The van der Waals surface area contributed by atoms with Gasteiger partial charge in [0.1, 0.15) is 0 Å². The lowest BCUT2D eigenvalue weighted by atomic mass is 9.64. The molecule has 216 valence electrons. The molecule has 41 heavy (non-hydrogen) atoms. The monoisotopic (exact) mass is 556 g/mol. The van der Waals surface area contributed by atoms with Gasteiger partial charge >= 0.3 is 5.97 Å². The Labute approximate surface area is 241 Å². The minimum Gasteiger partial charge on any atom is -0.466 e. The van der Waals surface area contributed by atoms with Crippen molar-refractivity contribution >= 4 is 34.5 Å². The van der Waals surface area contributed by atoms with Crippen molar-refractivity contribution in [3.05, 3.63) is 65.9 Å².